The fraction of sp³-hybridized carbons (Fsp3) is 0.364. The highest BCUT2D eigenvalue weighted by molar-refractivity contribution is 6.05. The molecule has 0 bridgehead atoms. The van der Waals surface area contributed by atoms with Gasteiger partial charge in [-0.1, -0.05) is 19.1 Å². The van der Waals surface area contributed by atoms with E-state index in [2.05, 4.69) is 5.32 Å². The minimum absolute atomic E-state index is 0.149. The fourth-order valence-electron chi connectivity index (χ4n) is 2.36. The number of esters is 1. The lowest BCUT2D eigenvalue weighted by Crippen LogP contribution is -2.29. The lowest BCUT2D eigenvalue weighted by atomic mass is 10.2. The van der Waals surface area contributed by atoms with Crippen LogP contribution < -0.4 is 14.8 Å². The van der Waals surface area contributed by atoms with Crippen LogP contribution in [0.15, 0.2) is 48.5 Å². The van der Waals surface area contributed by atoms with Crippen molar-refractivity contribution in [1.82, 2.24) is 0 Å². The fourth-order valence-corrected chi connectivity index (χ4v) is 2.36. The van der Waals surface area contributed by atoms with Crippen molar-refractivity contribution in [2.75, 3.05) is 11.9 Å². The molecule has 0 radical (unpaired) electrons. The Balaban J connectivity index is 1.98. The Morgan fingerprint density at radius 2 is 1.68 bits per heavy atom. The van der Waals surface area contributed by atoms with Crippen LogP contribution >= 0.6 is 0 Å². The summed E-state index contributed by atoms with van der Waals surface area (Å²) in [5.41, 5.74) is 1.07. The normalized spacial score (nSPS) is 12.6. The van der Waals surface area contributed by atoms with Gasteiger partial charge in [0.05, 0.1) is 18.4 Å². The van der Waals surface area contributed by atoms with E-state index in [0.717, 1.165) is 6.42 Å². The van der Waals surface area contributed by atoms with Gasteiger partial charge >= 0.3 is 5.97 Å². The zero-order valence-corrected chi connectivity index (χ0v) is 16.7. The second-order valence-corrected chi connectivity index (χ2v) is 6.32. The number of rotatable bonds is 9. The number of benzene rings is 2. The van der Waals surface area contributed by atoms with Crippen LogP contribution in [0.2, 0.25) is 0 Å². The first-order chi connectivity index (χ1) is 13.4. The van der Waals surface area contributed by atoms with E-state index >= 15 is 0 Å². The minimum atomic E-state index is -0.730. The number of ether oxygens (including phenoxy) is 3. The third-order valence-corrected chi connectivity index (χ3v) is 4.09. The van der Waals surface area contributed by atoms with Crippen molar-refractivity contribution >= 4 is 17.6 Å². The second-order valence-electron chi connectivity index (χ2n) is 6.32. The van der Waals surface area contributed by atoms with Crippen molar-refractivity contribution in [3.05, 3.63) is 54.1 Å². The molecule has 0 aliphatic carbocycles. The molecule has 2 atom stereocenters. The van der Waals surface area contributed by atoms with Gasteiger partial charge in [0.25, 0.3) is 5.91 Å². The summed E-state index contributed by atoms with van der Waals surface area (Å²) in [6, 6.07) is 13.8. The number of amides is 1. The Morgan fingerprint density at radius 1 is 1.00 bits per heavy atom. The van der Waals surface area contributed by atoms with Crippen LogP contribution in [-0.4, -0.2) is 30.7 Å². The highest BCUT2D eigenvalue weighted by atomic mass is 16.6. The average Bonchev–Trinajstić information content (AvgIpc) is 2.70. The molecule has 0 fully saturated rings. The van der Waals surface area contributed by atoms with E-state index in [1.165, 1.54) is 0 Å². The molecular formula is C22H27NO5. The van der Waals surface area contributed by atoms with Crippen molar-refractivity contribution in [2.45, 2.75) is 46.3 Å². The van der Waals surface area contributed by atoms with Crippen LogP contribution in [0.1, 0.15) is 44.5 Å². The molecule has 150 valence electrons. The molecule has 6 heteroatoms. The molecule has 0 aliphatic heterocycles. The number of nitrogens with one attached hydrogen (secondary N) is 1. The Labute approximate surface area is 165 Å². The van der Waals surface area contributed by atoms with Crippen LogP contribution in [0.4, 0.5) is 5.69 Å². The van der Waals surface area contributed by atoms with Gasteiger partial charge in [0.1, 0.15) is 11.5 Å². The molecule has 0 saturated heterocycles. The maximum absolute atomic E-state index is 12.5. The molecule has 2 rings (SSSR count). The van der Waals surface area contributed by atoms with E-state index in [4.69, 9.17) is 14.2 Å². The van der Waals surface area contributed by atoms with E-state index in [-0.39, 0.29) is 12.0 Å². The zero-order chi connectivity index (χ0) is 20.5. The Morgan fingerprint density at radius 3 is 2.32 bits per heavy atom. The first-order valence-corrected chi connectivity index (χ1v) is 9.45. The van der Waals surface area contributed by atoms with Crippen molar-refractivity contribution < 1.29 is 23.8 Å². The first-order valence-electron chi connectivity index (χ1n) is 9.45. The Bertz CT molecular complexity index is 788. The SMILES string of the molecule is CCOc1ccccc1NC(=O)c1ccc(O[C@@H](C)C(=O)O[C@@H](C)CC)cc1. The van der Waals surface area contributed by atoms with E-state index in [9.17, 15) is 9.59 Å². The number of hydrogen-bond acceptors (Lipinski definition) is 5. The predicted octanol–water partition coefficient (Wildman–Crippen LogP) is 4.45. The third kappa shape index (κ3) is 6.01. The van der Waals surface area contributed by atoms with E-state index in [1.807, 2.05) is 32.9 Å². The van der Waals surface area contributed by atoms with E-state index in [1.54, 1.807) is 43.3 Å². The monoisotopic (exact) mass is 385 g/mol. The lowest BCUT2D eigenvalue weighted by Gasteiger charge is -2.17. The molecule has 0 saturated carbocycles. The summed E-state index contributed by atoms with van der Waals surface area (Å²) in [4.78, 5) is 24.4. The molecule has 0 unspecified atom stereocenters. The molecule has 28 heavy (non-hydrogen) atoms. The van der Waals surface area contributed by atoms with Crippen molar-refractivity contribution in [1.29, 1.82) is 0 Å². The summed E-state index contributed by atoms with van der Waals surface area (Å²) >= 11 is 0. The highest BCUT2D eigenvalue weighted by Crippen LogP contribution is 2.24. The van der Waals surface area contributed by atoms with Crippen LogP contribution in [0, 0.1) is 0 Å². The van der Waals surface area contributed by atoms with Crippen molar-refractivity contribution in [2.24, 2.45) is 0 Å². The molecule has 6 nitrogen and oxygen atoms in total. The van der Waals surface area contributed by atoms with Gasteiger partial charge in [0, 0.05) is 5.56 Å². The molecule has 2 aromatic carbocycles. The van der Waals surface area contributed by atoms with Gasteiger partial charge in [-0.25, -0.2) is 4.79 Å². The summed E-state index contributed by atoms with van der Waals surface area (Å²) in [6.45, 7) is 7.81. The maximum atomic E-state index is 12.5. The number of para-hydroxylation sites is 2. The van der Waals surface area contributed by atoms with Gasteiger partial charge < -0.3 is 19.5 Å². The summed E-state index contributed by atoms with van der Waals surface area (Å²) in [5.74, 6) is 0.429. The van der Waals surface area contributed by atoms with Crippen molar-refractivity contribution in [3.63, 3.8) is 0 Å². The lowest BCUT2D eigenvalue weighted by molar-refractivity contribution is -0.155. The van der Waals surface area contributed by atoms with Crippen LogP contribution in [0.25, 0.3) is 0 Å². The Kier molecular flexibility index (Phi) is 7.87. The number of carbonyl (C=O) groups is 2. The number of hydrogen-bond donors (Lipinski definition) is 1. The molecule has 0 aromatic heterocycles. The smallest absolute Gasteiger partial charge is 0.347 e. The largest absolute Gasteiger partial charge is 0.492 e. The Hall–Kier alpha value is -3.02. The van der Waals surface area contributed by atoms with Crippen LogP contribution in [0.5, 0.6) is 11.5 Å². The molecule has 2 aromatic rings. The van der Waals surface area contributed by atoms with Gasteiger partial charge in [-0.15, -0.1) is 0 Å². The van der Waals surface area contributed by atoms with E-state index in [0.29, 0.717) is 29.4 Å². The third-order valence-electron chi connectivity index (χ3n) is 4.09. The molecule has 1 N–H and O–H groups in total. The molecule has 0 heterocycles. The quantitative estimate of drug-likeness (QED) is 0.646. The van der Waals surface area contributed by atoms with Crippen LogP contribution in [0.3, 0.4) is 0 Å². The van der Waals surface area contributed by atoms with Gasteiger partial charge in [0.15, 0.2) is 6.10 Å². The number of anilines is 1. The molecule has 1 amide bonds. The summed E-state index contributed by atoms with van der Waals surface area (Å²) in [5, 5.41) is 2.84. The predicted molar refractivity (Wildman–Crippen MR) is 108 cm³/mol. The minimum Gasteiger partial charge on any atom is -0.492 e. The van der Waals surface area contributed by atoms with Gasteiger partial charge in [-0.2, -0.15) is 0 Å². The van der Waals surface area contributed by atoms with Gasteiger partial charge in [-0.3, -0.25) is 4.79 Å². The summed E-state index contributed by atoms with van der Waals surface area (Å²) < 4.78 is 16.4. The standard InChI is InChI=1S/C22H27NO5/c1-5-15(3)27-22(25)16(4)28-18-13-11-17(12-14-18)21(24)23-19-9-7-8-10-20(19)26-6-2/h7-16H,5-6H2,1-4H3,(H,23,24)/t15-,16-/m0/s1. The van der Waals surface area contributed by atoms with Crippen LogP contribution in [-0.2, 0) is 9.53 Å². The zero-order valence-electron chi connectivity index (χ0n) is 16.7. The summed E-state index contributed by atoms with van der Waals surface area (Å²) in [6.07, 6.45) is -0.134. The topological polar surface area (TPSA) is 73.9 Å². The second kappa shape index (κ2) is 10.3. The number of carbonyl (C=O) groups excluding carboxylic acids is 2. The molecule has 0 aliphatic rings. The summed E-state index contributed by atoms with van der Waals surface area (Å²) in [7, 11) is 0. The van der Waals surface area contributed by atoms with E-state index < -0.39 is 12.1 Å². The average molecular weight is 385 g/mol. The first kappa shape index (κ1) is 21.3. The highest BCUT2D eigenvalue weighted by Gasteiger charge is 2.18. The molecule has 0 spiro atoms. The van der Waals surface area contributed by atoms with Crippen molar-refractivity contribution in [3.8, 4) is 11.5 Å². The maximum Gasteiger partial charge on any atom is 0.347 e. The van der Waals surface area contributed by atoms with Gasteiger partial charge in [0.2, 0.25) is 0 Å². The molecular weight excluding hydrogens is 358 g/mol. The van der Waals surface area contributed by atoms with Gasteiger partial charge in [-0.05, 0) is 63.6 Å².